The minimum Gasteiger partial charge on any atom is -0.387 e. The molecule has 2 aliphatic rings. The number of piperidine rings is 1. The van der Waals surface area contributed by atoms with E-state index >= 15 is 0 Å². The lowest BCUT2D eigenvalue weighted by Crippen LogP contribution is -2.44. The van der Waals surface area contributed by atoms with E-state index in [9.17, 15) is 9.90 Å². The van der Waals surface area contributed by atoms with E-state index in [1.165, 1.54) is 11.1 Å². The fourth-order valence-corrected chi connectivity index (χ4v) is 4.08. The number of aryl methyl sites for hydroxylation is 1. The number of aliphatic hydroxyl groups is 1. The van der Waals surface area contributed by atoms with Crippen molar-refractivity contribution >= 4 is 5.91 Å². The van der Waals surface area contributed by atoms with Crippen LogP contribution in [0.15, 0.2) is 24.3 Å². The molecule has 5 nitrogen and oxygen atoms in total. The molecule has 2 saturated heterocycles. The van der Waals surface area contributed by atoms with E-state index in [0.717, 1.165) is 58.5 Å². The second-order valence-corrected chi connectivity index (χ2v) is 7.74. The Morgan fingerprint density at radius 2 is 2.00 bits per heavy atom. The Hall–Kier alpha value is -1.43. The summed E-state index contributed by atoms with van der Waals surface area (Å²) in [6.07, 6.45) is 4.44. The van der Waals surface area contributed by atoms with Crippen molar-refractivity contribution in [2.24, 2.45) is 5.92 Å². The van der Waals surface area contributed by atoms with Crippen molar-refractivity contribution < 1.29 is 14.6 Å². The summed E-state index contributed by atoms with van der Waals surface area (Å²) in [7, 11) is 0. The first kappa shape index (κ1) is 19.3. The number of hydrogen-bond acceptors (Lipinski definition) is 4. The smallest absolute Gasteiger partial charge is 0.248 e. The fourth-order valence-electron chi connectivity index (χ4n) is 4.08. The monoisotopic (exact) mass is 360 g/mol. The van der Waals surface area contributed by atoms with Crippen LogP contribution >= 0.6 is 0 Å². The molecule has 0 saturated carbocycles. The number of nitrogens with zero attached hydrogens (tertiary/aromatic N) is 2. The van der Waals surface area contributed by atoms with Crippen molar-refractivity contribution in [3.8, 4) is 0 Å². The minimum atomic E-state index is -0.404. The predicted octanol–water partition coefficient (Wildman–Crippen LogP) is 2.21. The normalized spacial score (nSPS) is 21.8. The number of amides is 1. The Morgan fingerprint density at radius 1 is 1.23 bits per heavy atom. The number of rotatable bonds is 7. The highest BCUT2D eigenvalue weighted by molar-refractivity contribution is 5.77. The van der Waals surface area contributed by atoms with Gasteiger partial charge in [0.05, 0.1) is 6.10 Å². The Morgan fingerprint density at radius 3 is 2.65 bits per heavy atom. The van der Waals surface area contributed by atoms with Crippen LogP contribution in [-0.2, 0) is 16.1 Å². The SMILES string of the molecule is Cc1ccccc1CN1CCC(CN(C[C@H]2CCCO2)C(=O)CO)CC1. The van der Waals surface area contributed by atoms with Gasteiger partial charge in [-0.2, -0.15) is 0 Å². The molecular weight excluding hydrogens is 328 g/mol. The number of carbonyl (C=O) groups excluding carboxylic acids is 1. The van der Waals surface area contributed by atoms with E-state index < -0.39 is 6.61 Å². The van der Waals surface area contributed by atoms with Crippen molar-refractivity contribution in [3.63, 3.8) is 0 Å². The lowest BCUT2D eigenvalue weighted by Gasteiger charge is -2.35. The van der Waals surface area contributed by atoms with Gasteiger partial charge in [0.2, 0.25) is 5.91 Å². The first-order valence-electron chi connectivity index (χ1n) is 9.93. The third kappa shape index (κ3) is 5.29. The number of carbonyl (C=O) groups is 1. The van der Waals surface area contributed by atoms with Crippen LogP contribution in [0.4, 0.5) is 0 Å². The average Bonchev–Trinajstić information content (AvgIpc) is 3.17. The molecule has 1 amide bonds. The number of likely N-dealkylation sites (tertiary alicyclic amines) is 1. The second-order valence-electron chi connectivity index (χ2n) is 7.74. The largest absolute Gasteiger partial charge is 0.387 e. The molecule has 0 aliphatic carbocycles. The maximum absolute atomic E-state index is 12.1. The molecule has 1 aromatic carbocycles. The van der Waals surface area contributed by atoms with Crippen LogP contribution in [-0.4, -0.2) is 66.3 Å². The number of ether oxygens (including phenoxy) is 1. The van der Waals surface area contributed by atoms with Gasteiger partial charge in [-0.1, -0.05) is 24.3 Å². The van der Waals surface area contributed by atoms with Gasteiger partial charge in [-0.25, -0.2) is 0 Å². The van der Waals surface area contributed by atoms with E-state index in [2.05, 4.69) is 36.1 Å². The maximum Gasteiger partial charge on any atom is 0.248 e. The van der Waals surface area contributed by atoms with E-state index in [1.807, 2.05) is 4.90 Å². The van der Waals surface area contributed by atoms with Crippen LogP contribution < -0.4 is 0 Å². The number of aliphatic hydroxyl groups excluding tert-OH is 1. The van der Waals surface area contributed by atoms with Crippen molar-refractivity contribution in [1.29, 1.82) is 0 Å². The molecule has 1 atom stereocenters. The zero-order valence-corrected chi connectivity index (χ0v) is 15.9. The highest BCUT2D eigenvalue weighted by Crippen LogP contribution is 2.22. The van der Waals surface area contributed by atoms with Crippen molar-refractivity contribution in [3.05, 3.63) is 35.4 Å². The van der Waals surface area contributed by atoms with Crippen molar-refractivity contribution in [2.45, 2.75) is 45.3 Å². The Bertz CT molecular complexity index is 578. The molecule has 2 aliphatic heterocycles. The van der Waals surface area contributed by atoms with E-state index in [1.54, 1.807) is 0 Å². The quantitative estimate of drug-likeness (QED) is 0.810. The third-order valence-corrected chi connectivity index (χ3v) is 5.78. The molecule has 0 bridgehead atoms. The summed E-state index contributed by atoms with van der Waals surface area (Å²) in [4.78, 5) is 16.5. The van der Waals surface area contributed by atoms with Crippen LogP contribution in [0.2, 0.25) is 0 Å². The molecule has 1 aromatic rings. The molecule has 26 heavy (non-hydrogen) atoms. The molecule has 3 rings (SSSR count). The van der Waals surface area contributed by atoms with Gasteiger partial charge in [0.1, 0.15) is 6.61 Å². The van der Waals surface area contributed by atoms with Gasteiger partial charge < -0.3 is 14.7 Å². The lowest BCUT2D eigenvalue weighted by atomic mass is 9.95. The van der Waals surface area contributed by atoms with Crippen molar-refractivity contribution in [1.82, 2.24) is 9.80 Å². The zero-order valence-electron chi connectivity index (χ0n) is 15.9. The predicted molar refractivity (Wildman–Crippen MR) is 102 cm³/mol. The highest BCUT2D eigenvalue weighted by Gasteiger charge is 2.27. The van der Waals surface area contributed by atoms with Gasteiger partial charge in [0, 0.05) is 26.2 Å². The molecule has 2 heterocycles. The highest BCUT2D eigenvalue weighted by atomic mass is 16.5. The molecule has 144 valence electrons. The molecule has 1 N–H and O–H groups in total. The second kappa shape index (κ2) is 9.49. The molecule has 2 fully saturated rings. The fraction of sp³-hybridized carbons (Fsp3) is 0.667. The van der Waals surface area contributed by atoms with Gasteiger partial charge in [0.15, 0.2) is 0 Å². The molecule has 0 aromatic heterocycles. The minimum absolute atomic E-state index is 0.145. The Labute approximate surface area is 156 Å². The molecule has 0 spiro atoms. The molecule has 5 heteroatoms. The van der Waals surface area contributed by atoms with E-state index in [4.69, 9.17) is 4.74 Å². The summed E-state index contributed by atoms with van der Waals surface area (Å²) >= 11 is 0. The first-order valence-corrected chi connectivity index (χ1v) is 9.93. The average molecular weight is 360 g/mol. The maximum atomic E-state index is 12.1. The molecule has 0 radical (unpaired) electrons. The lowest BCUT2D eigenvalue weighted by molar-refractivity contribution is -0.136. The van der Waals surface area contributed by atoms with Gasteiger partial charge >= 0.3 is 0 Å². The topological polar surface area (TPSA) is 53.0 Å². The van der Waals surface area contributed by atoms with Gasteiger partial charge in [0.25, 0.3) is 0 Å². The van der Waals surface area contributed by atoms with Crippen LogP contribution in [0, 0.1) is 12.8 Å². The summed E-state index contributed by atoms with van der Waals surface area (Å²) in [5.41, 5.74) is 2.76. The molecular formula is C21H32N2O3. The van der Waals surface area contributed by atoms with Crippen LogP contribution in [0.5, 0.6) is 0 Å². The summed E-state index contributed by atoms with van der Waals surface area (Å²) in [6.45, 7) is 7.09. The Kier molecular flexibility index (Phi) is 7.06. The van der Waals surface area contributed by atoms with Crippen LogP contribution in [0.1, 0.15) is 36.8 Å². The standard InChI is InChI=1S/C21H32N2O3/c1-17-5-2-3-6-19(17)14-22-10-8-18(9-11-22)13-23(21(25)16-24)15-20-7-4-12-26-20/h2-3,5-6,18,20,24H,4,7-16H2,1H3/t20-/m1/s1. The van der Waals surface area contributed by atoms with Crippen LogP contribution in [0.3, 0.4) is 0 Å². The van der Waals surface area contributed by atoms with E-state index in [-0.39, 0.29) is 12.0 Å². The van der Waals surface area contributed by atoms with Gasteiger partial charge in [-0.05, 0) is 62.7 Å². The number of benzene rings is 1. The van der Waals surface area contributed by atoms with Crippen molar-refractivity contribution in [2.75, 3.05) is 39.4 Å². The number of hydrogen-bond donors (Lipinski definition) is 1. The summed E-state index contributed by atoms with van der Waals surface area (Å²) in [5.74, 6) is 0.350. The molecule has 0 unspecified atom stereocenters. The van der Waals surface area contributed by atoms with Gasteiger partial charge in [-0.3, -0.25) is 9.69 Å². The van der Waals surface area contributed by atoms with Crippen LogP contribution in [0.25, 0.3) is 0 Å². The third-order valence-electron chi connectivity index (χ3n) is 5.78. The zero-order chi connectivity index (χ0) is 18.4. The summed E-state index contributed by atoms with van der Waals surface area (Å²) in [6, 6.07) is 8.58. The van der Waals surface area contributed by atoms with E-state index in [0.29, 0.717) is 12.5 Å². The first-order chi connectivity index (χ1) is 12.7. The summed E-state index contributed by atoms with van der Waals surface area (Å²) < 4.78 is 5.68. The Balaban J connectivity index is 1.48. The summed E-state index contributed by atoms with van der Waals surface area (Å²) in [5, 5.41) is 9.30. The van der Waals surface area contributed by atoms with Gasteiger partial charge in [-0.15, -0.1) is 0 Å².